The standard InChI is InChI=1S/C21H40N4S/c1-5-6-12-24-14-16-25(17-15-24)13-11-22-19-23-20(3,4)21(26-19)9-7-18(2)8-10-21/h18H,5-17H2,1-4H3,(H,22,23). The highest BCUT2D eigenvalue weighted by atomic mass is 32.2. The fraction of sp³-hybridized carbons (Fsp3) is 0.952. The van der Waals surface area contributed by atoms with Crippen LogP contribution in [0.5, 0.6) is 0 Å². The summed E-state index contributed by atoms with van der Waals surface area (Å²) in [5.41, 5.74) is 0.168. The van der Waals surface area contributed by atoms with E-state index in [4.69, 9.17) is 4.99 Å². The lowest BCUT2D eigenvalue weighted by Gasteiger charge is -2.43. The monoisotopic (exact) mass is 380 g/mol. The molecule has 5 heteroatoms. The Kier molecular flexibility index (Phi) is 6.95. The zero-order valence-corrected chi connectivity index (χ0v) is 18.3. The summed E-state index contributed by atoms with van der Waals surface area (Å²) in [6.45, 7) is 17.7. The maximum atomic E-state index is 4.96. The molecule has 2 aliphatic heterocycles. The number of nitrogens with one attached hydrogen (secondary N) is 1. The Hall–Kier alpha value is -0.260. The number of aliphatic imine (C=N–C) groups is 1. The molecule has 3 aliphatic rings. The van der Waals surface area contributed by atoms with Crippen molar-refractivity contribution < 1.29 is 0 Å². The Bertz CT molecular complexity index is 474. The summed E-state index contributed by atoms with van der Waals surface area (Å²) in [6, 6.07) is 0. The zero-order chi connectivity index (χ0) is 18.6. The molecule has 1 saturated carbocycles. The van der Waals surface area contributed by atoms with Crippen molar-refractivity contribution in [3.05, 3.63) is 0 Å². The van der Waals surface area contributed by atoms with Crippen molar-refractivity contribution in [1.29, 1.82) is 0 Å². The van der Waals surface area contributed by atoms with Gasteiger partial charge < -0.3 is 10.2 Å². The number of amidine groups is 1. The van der Waals surface area contributed by atoms with Gasteiger partial charge in [0.1, 0.15) is 0 Å². The fourth-order valence-corrected chi connectivity index (χ4v) is 6.24. The summed E-state index contributed by atoms with van der Waals surface area (Å²) in [7, 11) is 0. The zero-order valence-electron chi connectivity index (χ0n) is 17.5. The number of nitrogens with zero attached hydrogens (tertiary/aromatic N) is 3. The van der Waals surface area contributed by atoms with E-state index in [1.165, 1.54) is 76.4 Å². The van der Waals surface area contributed by atoms with Gasteiger partial charge in [-0.15, -0.1) is 0 Å². The number of rotatable bonds is 6. The molecule has 0 unspecified atom stereocenters. The third-order valence-corrected chi connectivity index (χ3v) is 8.63. The van der Waals surface area contributed by atoms with E-state index in [1.54, 1.807) is 0 Å². The highest BCUT2D eigenvalue weighted by Gasteiger charge is 2.53. The topological polar surface area (TPSA) is 30.9 Å². The molecule has 1 spiro atoms. The van der Waals surface area contributed by atoms with Gasteiger partial charge in [0.2, 0.25) is 0 Å². The molecule has 0 radical (unpaired) electrons. The molecule has 0 aromatic heterocycles. The normalized spacial score (nSPS) is 34.5. The van der Waals surface area contributed by atoms with Crippen molar-refractivity contribution in [1.82, 2.24) is 15.1 Å². The molecule has 0 aromatic rings. The summed E-state index contributed by atoms with van der Waals surface area (Å²) >= 11 is 2.05. The first-order valence-electron chi connectivity index (χ1n) is 10.9. The predicted octanol–water partition coefficient (Wildman–Crippen LogP) is 3.82. The van der Waals surface area contributed by atoms with Crippen LogP contribution >= 0.6 is 11.8 Å². The molecule has 1 N–H and O–H groups in total. The molecule has 3 rings (SSSR count). The van der Waals surface area contributed by atoms with Gasteiger partial charge in [0.25, 0.3) is 0 Å². The molecule has 4 nitrogen and oxygen atoms in total. The second-order valence-corrected chi connectivity index (χ2v) is 10.6. The van der Waals surface area contributed by atoms with E-state index < -0.39 is 0 Å². The minimum absolute atomic E-state index is 0.168. The maximum Gasteiger partial charge on any atom is 0.157 e. The van der Waals surface area contributed by atoms with E-state index in [-0.39, 0.29) is 5.54 Å². The van der Waals surface area contributed by atoms with Gasteiger partial charge in [-0.1, -0.05) is 32.0 Å². The van der Waals surface area contributed by atoms with Crippen LogP contribution in [0.15, 0.2) is 4.99 Å². The number of piperazine rings is 1. The van der Waals surface area contributed by atoms with E-state index in [1.807, 2.05) is 0 Å². The lowest BCUT2D eigenvalue weighted by Crippen LogP contribution is -2.52. The third-order valence-electron chi connectivity index (χ3n) is 6.90. The second-order valence-electron chi connectivity index (χ2n) is 9.25. The molecule has 2 heterocycles. The van der Waals surface area contributed by atoms with Crippen LogP contribution in [0.3, 0.4) is 0 Å². The molecule has 0 aromatic carbocycles. The third kappa shape index (κ3) is 4.77. The lowest BCUT2D eigenvalue weighted by molar-refractivity contribution is 0.134. The number of hydrogen-bond acceptors (Lipinski definition) is 4. The van der Waals surface area contributed by atoms with Crippen LogP contribution < -0.4 is 5.32 Å². The Morgan fingerprint density at radius 2 is 1.69 bits per heavy atom. The van der Waals surface area contributed by atoms with Crippen LogP contribution in [-0.2, 0) is 0 Å². The number of thioether (sulfide) groups is 1. The Balaban J connectivity index is 1.44. The summed E-state index contributed by atoms with van der Waals surface area (Å²) in [4.78, 5) is 10.2. The van der Waals surface area contributed by atoms with Crippen molar-refractivity contribution in [2.75, 3.05) is 45.8 Å². The second kappa shape index (κ2) is 8.83. The van der Waals surface area contributed by atoms with E-state index in [9.17, 15) is 0 Å². The Labute approximate surface area is 165 Å². The molecular formula is C21H40N4S. The van der Waals surface area contributed by atoms with Gasteiger partial charge in [-0.2, -0.15) is 0 Å². The van der Waals surface area contributed by atoms with Crippen LogP contribution in [0.2, 0.25) is 0 Å². The number of unbranched alkanes of at least 4 members (excludes halogenated alkanes) is 1. The van der Waals surface area contributed by atoms with E-state index >= 15 is 0 Å². The van der Waals surface area contributed by atoms with Crippen LogP contribution in [0, 0.1) is 5.92 Å². The Morgan fingerprint density at radius 3 is 2.31 bits per heavy atom. The summed E-state index contributed by atoms with van der Waals surface area (Å²) in [5.74, 6) is 0.897. The predicted molar refractivity (Wildman–Crippen MR) is 115 cm³/mol. The first-order chi connectivity index (χ1) is 12.4. The number of hydrogen-bond donors (Lipinski definition) is 1. The average molecular weight is 381 g/mol. The largest absolute Gasteiger partial charge is 0.359 e. The molecule has 26 heavy (non-hydrogen) atoms. The quantitative estimate of drug-likeness (QED) is 0.759. The SMILES string of the molecule is CCCCN1CCN(CCN=C2NC(C)(C)C3(CCC(C)CC3)S2)CC1. The molecular weight excluding hydrogens is 340 g/mol. The first-order valence-corrected chi connectivity index (χ1v) is 11.7. The van der Waals surface area contributed by atoms with Gasteiger partial charge in [-0.25, -0.2) is 0 Å². The Morgan fingerprint density at radius 1 is 1.08 bits per heavy atom. The van der Waals surface area contributed by atoms with Gasteiger partial charge in [-0.05, 0) is 58.4 Å². The summed E-state index contributed by atoms with van der Waals surface area (Å²) in [5, 5.41) is 4.96. The molecule has 150 valence electrons. The molecule has 3 fully saturated rings. The molecule has 1 aliphatic carbocycles. The van der Waals surface area contributed by atoms with Gasteiger partial charge in [-0.3, -0.25) is 9.89 Å². The van der Waals surface area contributed by atoms with Crippen LogP contribution in [0.4, 0.5) is 0 Å². The smallest absolute Gasteiger partial charge is 0.157 e. The van der Waals surface area contributed by atoms with Crippen molar-refractivity contribution in [3.63, 3.8) is 0 Å². The molecule has 2 saturated heterocycles. The van der Waals surface area contributed by atoms with Gasteiger partial charge in [0, 0.05) is 43.0 Å². The van der Waals surface area contributed by atoms with Crippen molar-refractivity contribution in [2.45, 2.75) is 76.5 Å². The van der Waals surface area contributed by atoms with Crippen molar-refractivity contribution in [2.24, 2.45) is 10.9 Å². The van der Waals surface area contributed by atoms with Crippen molar-refractivity contribution in [3.8, 4) is 0 Å². The minimum Gasteiger partial charge on any atom is -0.359 e. The van der Waals surface area contributed by atoms with Gasteiger partial charge >= 0.3 is 0 Å². The van der Waals surface area contributed by atoms with E-state index in [0.29, 0.717) is 4.75 Å². The molecule has 0 atom stereocenters. The first kappa shape index (κ1) is 20.5. The molecule has 0 amide bonds. The molecule has 0 bridgehead atoms. The van der Waals surface area contributed by atoms with Crippen LogP contribution in [0.1, 0.15) is 66.2 Å². The van der Waals surface area contributed by atoms with Gasteiger partial charge in [0.15, 0.2) is 5.17 Å². The highest BCUT2D eigenvalue weighted by Crippen LogP contribution is 2.52. The van der Waals surface area contributed by atoms with E-state index in [0.717, 1.165) is 19.0 Å². The maximum absolute atomic E-state index is 4.96. The minimum atomic E-state index is 0.168. The van der Waals surface area contributed by atoms with E-state index in [2.05, 4.69) is 54.6 Å². The van der Waals surface area contributed by atoms with Crippen LogP contribution in [-0.4, -0.2) is 71.1 Å². The summed E-state index contributed by atoms with van der Waals surface area (Å²) < 4.78 is 0.364. The summed E-state index contributed by atoms with van der Waals surface area (Å²) in [6.07, 6.45) is 8.04. The average Bonchev–Trinajstić information content (AvgIpc) is 2.87. The van der Waals surface area contributed by atoms with Gasteiger partial charge in [0.05, 0.1) is 6.54 Å². The highest BCUT2D eigenvalue weighted by molar-refractivity contribution is 8.15. The lowest BCUT2D eigenvalue weighted by atomic mass is 9.73. The van der Waals surface area contributed by atoms with Crippen molar-refractivity contribution >= 4 is 16.9 Å². The van der Waals surface area contributed by atoms with Crippen LogP contribution in [0.25, 0.3) is 0 Å². The fourth-order valence-electron chi connectivity index (χ4n) is 4.66.